The van der Waals surface area contributed by atoms with Crippen LogP contribution in [0.2, 0.25) is 0 Å². The average molecular weight is 452 g/mol. The fraction of sp³-hybridized carbons (Fsp3) is 0.207. The Morgan fingerprint density at radius 1 is 0.824 bits per heavy atom. The zero-order valence-electron chi connectivity index (χ0n) is 18.7. The Hall–Kier alpha value is -3.99. The van der Waals surface area contributed by atoms with Gasteiger partial charge in [0.15, 0.2) is 0 Å². The minimum absolute atomic E-state index is 0.0460. The summed E-state index contributed by atoms with van der Waals surface area (Å²) in [4.78, 5) is 23.5. The molecule has 0 bridgehead atoms. The Balaban J connectivity index is 1.53. The van der Waals surface area contributed by atoms with E-state index in [1.54, 1.807) is 0 Å². The Morgan fingerprint density at radius 2 is 1.53 bits per heavy atom. The molecule has 0 unspecified atom stereocenters. The van der Waals surface area contributed by atoms with Crippen LogP contribution in [0.5, 0.6) is 0 Å². The molecule has 1 fully saturated rings. The molecule has 34 heavy (non-hydrogen) atoms. The summed E-state index contributed by atoms with van der Waals surface area (Å²) < 4.78 is 6.08. The van der Waals surface area contributed by atoms with Crippen LogP contribution in [0.1, 0.15) is 47.5 Å². The number of carbonyl (C=O) groups excluding carboxylic acids is 1. The highest BCUT2D eigenvalue weighted by molar-refractivity contribution is 5.93. The molecule has 0 radical (unpaired) electrons. The van der Waals surface area contributed by atoms with Crippen molar-refractivity contribution in [3.05, 3.63) is 112 Å². The number of carbonyl (C=O) groups is 1. The molecule has 170 valence electrons. The van der Waals surface area contributed by atoms with Crippen LogP contribution in [0.3, 0.4) is 0 Å². The maximum absolute atomic E-state index is 13.0. The second-order valence-corrected chi connectivity index (χ2v) is 8.75. The number of nitro benzene ring substituents is 1. The van der Waals surface area contributed by atoms with Crippen LogP contribution in [-0.4, -0.2) is 17.0 Å². The minimum atomic E-state index is -0.474. The van der Waals surface area contributed by atoms with Gasteiger partial charge in [0.2, 0.25) is 0 Å². The number of benzene rings is 4. The van der Waals surface area contributed by atoms with Crippen molar-refractivity contribution in [3.8, 4) is 11.1 Å². The highest BCUT2D eigenvalue weighted by atomic mass is 16.6. The number of esters is 1. The van der Waals surface area contributed by atoms with Crippen molar-refractivity contribution in [3.63, 3.8) is 0 Å². The van der Waals surface area contributed by atoms with Gasteiger partial charge in [0.05, 0.1) is 10.5 Å². The van der Waals surface area contributed by atoms with Crippen LogP contribution in [0.25, 0.3) is 21.9 Å². The van der Waals surface area contributed by atoms with Gasteiger partial charge < -0.3 is 4.74 Å². The Labute approximate surface area is 198 Å². The molecule has 5 heteroatoms. The maximum Gasteiger partial charge on any atom is 0.338 e. The van der Waals surface area contributed by atoms with Crippen LogP contribution in [-0.2, 0) is 4.74 Å². The third-order valence-corrected chi connectivity index (χ3v) is 6.70. The van der Waals surface area contributed by atoms with Gasteiger partial charge in [-0.05, 0) is 58.9 Å². The molecule has 0 saturated heterocycles. The first-order valence-corrected chi connectivity index (χ1v) is 11.6. The van der Waals surface area contributed by atoms with Crippen molar-refractivity contribution < 1.29 is 14.5 Å². The lowest BCUT2D eigenvalue weighted by Crippen LogP contribution is -2.29. The molecule has 0 amide bonds. The number of nitrogens with zero attached hydrogens (tertiary/aromatic N) is 1. The zero-order valence-corrected chi connectivity index (χ0v) is 18.7. The molecule has 2 atom stereocenters. The first kappa shape index (κ1) is 21.8. The summed E-state index contributed by atoms with van der Waals surface area (Å²) in [5.74, 6) is -0.370. The van der Waals surface area contributed by atoms with Crippen LogP contribution >= 0.6 is 0 Å². The predicted molar refractivity (Wildman–Crippen MR) is 133 cm³/mol. The average Bonchev–Trinajstić information content (AvgIpc) is 2.89. The fourth-order valence-corrected chi connectivity index (χ4v) is 5.06. The molecule has 1 saturated carbocycles. The van der Waals surface area contributed by atoms with Gasteiger partial charge in [0.1, 0.15) is 6.10 Å². The molecule has 0 spiro atoms. The quantitative estimate of drug-likeness (QED) is 0.181. The number of nitro groups is 1. The molecule has 5 rings (SSSR count). The highest BCUT2D eigenvalue weighted by Crippen LogP contribution is 2.43. The lowest BCUT2D eigenvalue weighted by atomic mass is 9.76. The van der Waals surface area contributed by atoms with Gasteiger partial charge >= 0.3 is 5.97 Å². The van der Waals surface area contributed by atoms with Gasteiger partial charge in [0.25, 0.3) is 5.69 Å². The molecule has 0 aromatic heterocycles. The van der Waals surface area contributed by atoms with Crippen molar-refractivity contribution >= 4 is 22.4 Å². The topological polar surface area (TPSA) is 69.4 Å². The van der Waals surface area contributed by atoms with Crippen molar-refractivity contribution in [1.82, 2.24) is 0 Å². The molecule has 1 aliphatic rings. The summed E-state index contributed by atoms with van der Waals surface area (Å²) in [5, 5.41) is 13.3. The zero-order chi connectivity index (χ0) is 23.5. The van der Waals surface area contributed by atoms with Gasteiger partial charge in [-0.2, -0.15) is 0 Å². The number of non-ortho nitro benzene ring substituents is 1. The number of hydrogen-bond acceptors (Lipinski definition) is 4. The third kappa shape index (κ3) is 4.29. The second kappa shape index (κ2) is 9.48. The monoisotopic (exact) mass is 451 g/mol. The third-order valence-electron chi connectivity index (χ3n) is 6.70. The highest BCUT2D eigenvalue weighted by Gasteiger charge is 2.33. The predicted octanol–water partition coefficient (Wildman–Crippen LogP) is 7.30. The van der Waals surface area contributed by atoms with Gasteiger partial charge in [-0.1, -0.05) is 73.2 Å². The van der Waals surface area contributed by atoms with E-state index < -0.39 is 10.9 Å². The van der Waals surface area contributed by atoms with E-state index in [-0.39, 0.29) is 17.7 Å². The molecular formula is C29H25NO4. The normalized spacial score (nSPS) is 17.9. The number of ether oxygens (including phenoxy) is 1. The summed E-state index contributed by atoms with van der Waals surface area (Å²) in [5.41, 5.74) is 3.83. The summed E-state index contributed by atoms with van der Waals surface area (Å²) in [6.45, 7) is 0. The van der Waals surface area contributed by atoms with E-state index in [0.29, 0.717) is 5.56 Å². The number of fused-ring (bicyclic) bond motifs is 1. The van der Waals surface area contributed by atoms with Gasteiger partial charge in [-0.25, -0.2) is 4.79 Å². The second-order valence-electron chi connectivity index (χ2n) is 8.75. The smallest absolute Gasteiger partial charge is 0.338 e. The molecule has 0 aliphatic heterocycles. The van der Waals surface area contributed by atoms with Crippen LogP contribution < -0.4 is 0 Å². The van der Waals surface area contributed by atoms with Gasteiger partial charge in [-0.15, -0.1) is 0 Å². The van der Waals surface area contributed by atoms with E-state index in [1.165, 1.54) is 46.2 Å². The van der Waals surface area contributed by atoms with E-state index in [2.05, 4.69) is 42.5 Å². The van der Waals surface area contributed by atoms with E-state index in [0.717, 1.165) is 31.2 Å². The van der Waals surface area contributed by atoms with E-state index >= 15 is 0 Å². The summed E-state index contributed by atoms with van der Waals surface area (Å²) >= 11 is 0. The molecule has 4 aromatic rings. The molecule has 0 heterocycles. The largest absolute Gasteiger partial charge is 0.458 e. The summed E-state index contributed by atoms with van der Waals surface area (Å²) in [6.07, 6.45) is 3.55. The SMILES string of the molecule is O=C(O[C@H]1CCCC[C@H]1c1c(-c2ccccc2)ccc2ccccc12)c1ccc([N+](=O)[O-])cc1. The maximum atomic E-state index is 13.0. The summed E-state index contributed by atoms with van der Waals surface area (Å²) in [7, 11) is 0. The summed E-state index contributed by atoms with van der Waals surface area (Å²) in [6, 6.07) is 28.7. The lowest BCUT2D eigenvalue weighted by molar-refractivity contribution is -0.384. The first-order valence-electron chi connectivity index (χ1n) is 11.6. The van der Waals surface area contributed by atoms with E-state index in [1.807, 2.05) is 24.3 Å². The van der Waals surface area contributed by atoms with Crippen LogP contribution in [0.4, 0.5) is 5.69 Å². The van der Waals surface area contributed by atoms with Crippen molar-refractivity contribution in [2.45, 2.75) is 37.7 Å². The Morgan fingerprint density at radius 3 is 2.29 bits per heavy atom. The van der Waals surface area contributed by atoms with Crippen molar-refractivity contribution in [2.24, 2.45) is 0 Å². The van der Waals surface area contributed by atoms with Gasteiger partial charge in [0, 0.05) is 18.1 Å². The molecular weight excluding hydrogens is 426 g/mol. The Kier molecular flexibility index (Phi) is 6.09. The van der Waals surface area contributed by atoms with E-state index in [4.69, 9.17) is 4.74 Å². The number of hydrogen-bond donors (Lipinski definition) is 0. The van der Waals surface area contributed by atoms with E-state index in [9.17, 15) is 14.9 Å². The molecule has 1 aliphatic carbocycles. The first-order chi connectivity index (χ1) is 16.6. The molecule has 5 nitrogen and oxygen atoms in total. The van der Waals surface area contributed by atoms with Gasteiger partial charge in [-0.3, -0.25) is 10.1 Å². The van der Waals surface area contributed by atoms with Crippen molar-refractivity contribution in [1.29, 1.82) is 0 Å². The standard InChI is InChI=1S/C29H25NO4/c31-29(22-14-17-23(18-15-22)30(32)33)34-27-13-7-6-12-26(27)28-24-11-5-4-10-21(24)16-19-25(28)20-8-2-1-3-9-20/h1-5,8-11,14-19,26-27H,6-7,12-13H2/t26-,27+/m1/s1. The Bertz CT molecular complexity index is 1330. The molecule has 0 N–H and O–H groups in total. The minimum Gasteiger partial charge on any atom is -0.458 e. The fourth-order valence-electron chi connectivity index (χ4n) is 5.06. The lowest BCUT2D eigenvalue weighted by Gasteiger charge is -2.33. The molecule has 4 aromatic carbocycles. The number of rotatable bonds is 5. The van der Waals surface area contributed by atoms with Crippen LogP contribution in [0.15, 0.2) is 91.0 Å². The van der Waals surface area contributed by atoms with Crippen molar-refractivity contribution in [2.75, 3.05) is 0 Å². The van der Waals surface area contributed by atoms with Crippen LogP contribution in [0, 0.1) is 10.1 Å².